The summed E-state index contributed by atoms with van der Waals surface area (Å²) in [6.45, 7) is 5.13. The van der Waals surface area contributed by atoms with Gasteiger partial charge < -0.3 is 9.64 Å². The summed E-state index contributed by atoms with van der Waals surface area (Å²) in [5, 5.41) is 1.52. The molecule has 0 N–H and O–H groups in total. The molecule has 1 amide bonds. The molecule has 0 aliphatic heterocycles. The molecule has 2 aromatic carbocycles. The Bertz CT molecular complexity index is 1060. The highest BCUT2D eigenvalue weighted by Gasteiger charge is 2.33. The molecule has 0 unspecified atom stereocenters. The highest BCUT2D eigenvalue weighted by Crippen LogP contribution is 2.33. The monoisotopic (exact) mass is 408 g/mol. The SMILES string of the molecule is COc1ccc(CN(Cc2cc3ccc(C)c(C)c3nc2Cl)C(=O)C2CC2)cc1. The largest absolute Gasteiger partial charge is 0.497 e. The van der Waals surface area contributed by atoms with Crippen LogP contribution in [0.25, 0.3) is 10.9 Å². The average Bonchev–Trinajstić information content (AvgIpc) is 3.57. The van der Waals surface area contributed by atoms with Crippen LogP contribution in [0.4, 0.5) is 0 Å². The summed E-state index contributed by atoms with van der Waals surface area (Å²) in [5.74, 6) is 1.14. The molecule has 1 aromatic heterocycles. The van der Waals surface area contributed by atoms with Crippen molar-refractivity contribution in [2.75, 3.05) is 7.11 Å². The second-order valence-electron chi connectivity index (χ2n) is 7.83. The molecular formula is C24H25ClN2O2. The van der Waals surface area contributed by atoms with Gasteiger partial charge in [-0.05, 0) is 61.6 Å². The van der Waals surface area contributed by atoms with E-state index in [0.29, 0.717) is 18.2 Å². The van der Waals surface area contributed by atoms with Crippen LogP contribution in [-0.2, 0) is 17.9 Å². The zero-order chi connectivity index (χ0) is 20.5. The third-order valence-corrected chi connectivity index (χ3v) is 6.00. The Balaban J connectivity index is 1.63. The summed E-state index contributed by atoms with van der Waals surface area (Å²) in [6, 6.07) is 14.1. The van der Waals surface area contributed by atoms with Crippen LogP contribution >= 0.6 is 11.6 Å². The third kappa shape index (κ3) is 4.23. The molecule has 1 aliphatic rings. The minimum atomic E-state index is 0.144. The molecule has 5 heteroatoms. The number of hydrogen-bond donors (Lipinski definition) is 0. The van der Waals surface area contributed by atoms with Crippen molar-refractivity contribution in [3.05, 3.63) is 69.9 Å². The predicted octanol–water partition coefficient (Wildman–Crippen LogP) is 5.45. The normalized spacial score (nSPS) is 13.5. The molecule has 1 fully saturated rings. The van der Waals surface area contributed by atoms with Crippen molar-refractivity contribution in [2.24, 2.45) is 5.92 Å². The lowest BCUT2D eigenvalue weighted by Crippen LogP contribution is -2.31. The summed E-state index contributed by atoms with van der Waals surface area (Å²) in [4.78, 5) is 19.5. The second kappa shape index (κ2) is 8.03. The fourth-order valence-electron chi connectivity index (χ4n) is 3.57. The Morgan fingerprint density at radius 1 is 1.14 bits per heavy atom. The van der Waals surface area contributed by atoms with E-state index < -0.39 is 0 Å². The lowest BCUT2D eigenvalue weighted by atomic mass is 10.0. The third-order valence-electron chi connectivity index (χ3n) is 5.67. The fraction of sp³-hybridized carbons (Fsp3) is 0.333. The van der Waals surface area contributed by atoms with E-state index in [1.165, 1.54) is 5.56 Å². The first-order valence-electron chi connectivity index (χ1n) is 9.93. The van der Waals surface area contributed by atoms with Crippen LogP contribution in [0.5, 0.6) is 5.75 Å². The van der Waals surface area contributed by atoms with Gasteiger partial charge in [0.1, 0.15) is 10.9 Å². The minimum absolute atomic E-state index is 0.144. The number of aryl methyl sites for hydroxylation is 2. The molecular weight excluding hydrogens is 384 g/mol. The Kier molecular flexibility index (Phi) is 5.46. The molecule has 1 heterocycles. The quantitative estimate of drug-likeness (QED) is 0.509. The number of pyridine rings is 1. The maximum absolute atomic E-state index is 12.9. The standard InChI is InChI=1S/C24H25ClN2O2/c1-15-4-7-19-12-20(23(25)26-22(19)16(15)2)14-27(24(28)18-8-9-18)13-17-5-10-21(29-3)11-6-17/h4-7,10-12,18H,8-9,13-14H2,1-3H3. The van der Waals surface area contributed by atoms with Gasteiger partial charge in [0.2, 0.25) is 5.91 Å². The zero-order valence-electron chi connectivity index (χ0n) is 17.0. The summed E-state index contributed by atoms with van der Waals surface area (Å²) < 4.78 is 5.23. The van der Waals surface area contributed by atoms with Gasteiger partial charge in [-0.3, -0.25) is 4.79 Å². The molecule has 0 atom stereocenters. The van der Waals surface area contributed by atoms with E-state index in [4.69, 9.17) is 16.3 Å². The number of carbonyl (C=O) groups excluding carboxylic acids is 1. The number of hydrogen-bond acceptors (Lipinski definition) is 3. The van der Waals surface area contributed by atoms with Crippen molar-refractivity contribution in [3.8, 4) is 5.75 Å². The number of aromatic nitrogens is 1. The van der Waals surface area contributed by atoms with Gasteiger partial charge in [0.25, 0.3) is 0 Å². The Morgan fingerprint density at radius 2 is 1.86 bits per heavy atom. The molecule has 0 radical (unpaired) electrons. The van der Waals surface area contributed by atoms with Gasteiger partial charge in [-0.1, -0.05) is 35.9 Å². The maximum Gasteiger partial charge on any atom is 0.226 e. The van der Waals surface area contributed by atoms with Gasteiger partial charge in [0.15, 0.2) is 0 Å². The Hall–Kier alpha value is -2.59. The number of carbonyl (C=O) groups is 1. The van der Waals surface area contributed by atoms with Crippen molar-refractivity contribution in [3.63, 3.8) is 0 Å². The van der Waals surface area contributed by atoms with Gasteiger partial charge >= 0.3 is 0 Å². The topological polar surface area (TPSA) is 42.4 Å². The molecule has 1 aliphatic carbocycles. The van der Waals surface area contributed by atoms with Gasteiger partial charge in [0.05, 0.1) is 12.6 Å². The number of nitrogens with zero attached hydrogens (tertiary/aromatic N) is 2. The van der Waals surface area contributed by atoms with E-state index in [2.05, 4.69) is 37.0 Å². The number of ether oxygens (including phenoxy) is 1. The van der Waals surface area contributed by atoms with Crippen LogP contribution in [0.2, 0.25) is 5.15 Å². The highest BCUT2D eigenvalue weighted by molar-refractivity contribution is 6.30. The molecule has 1 saturated carbocycles. The van der Waals surface area contributed by atoms with Crippen LogP contribution in [-0.4, -0.2) is 22.9 Å². The van der Waals surface area contributed by atoms with Gasteiger partial charge in [-0.2, -0.15) is 0 Å². The molecule has 4 nitrogen and oxygen atoms in total. The van der Waals surface area contributed by atoms with Gasteiger partial charge in [-0.25, -0.2) is 4.98 Å². The number of halogens is 1. The fourth-order valence-corrected chi connectivity index (χ4v) is 3.77. The number of benzene rings is 2. The number of fused-ring (bicyclic) bond motifs is 1. The van der Waals surface area contributed by atoms with Gasteiger partial charge in [0, 0.05) is 30.0 Å². The highest BCUT2D eigenvalue weighted by atomic mass is 35.5. The molecule has 150 valence electrons. The molecule has 0 spiro atoms. The number of rotatable bonds is 6. The number of amides is 1. The van der Waals surface area contributed by atoms with Crippen LogP contribution in [0, 0.1) is 19.8 Å². The lowest BCUT2D eigenvalue weighted by molar-refractivity contribution is -0.133. The van der Waals surface area contributed by atoms with Crippen molar-refractivity contribution in [1.82, 2.24) is 9.88 Å². The maximum atomic E-state index is 12.9. The summed E-state index contributed by atoms with van der Waals surface area (Å²) in [7, 11) is 1.65. The van der Waals surface area contributed by atoms with Crippen molar-refractivity contribution < 1.29 is 9.53 Å². The van der Waals surface area contributed by atoms with Crippen LogP contribution in [0.3, 0.4) is 0 Å². The van der Waals surface area contributed by atoms with E-state index in [0.717, 1.165) is 46.2 Å². The van der Waals surface area contributed by atoms with Gasteiger partial charge in [-0.15, -0.1) is 0 Å². The molecule has 4 rings (SSSR count). The second-order valence-corrected chi connectivity index (χ2v) is 8.19. The number of methoxy groups -OCH3 is 1. The van der Waals surface area contributed by atoms with Crippen LogP contribution < -0.4 is 4.74 Å². The van der Waals surface area contributed by atoms with Crippen LogP contribution in [0.1, 0.15) is 35.1 Å². The smallest absolute Gasteiger partial charge is 0.226 e. The van der Waals surface area contributed by atoms with Crippen molar-refractivity contribution in [1.29, 1.82) is 0 Å². The molecule has 0 bridgehead atoms. The molecule has 29 heavy (non-hydrogen) atoms. The van der Waals surface area contributed by atoms with E-state index in [-0.39, 0.29) is 11.8 Å². The Morgan fingerprint density at radius 3 is 2.52 bits per heavy atom. The van der Waals surface area contributed by atoms with Crippen LogP contribution in [0.15, 0.2) is 42.5 Å². The first-order valence-corrected chi connectivity index (χ1v) is 10.3. The predicted molar refractivity (Wildman–Crippen MR) is 116 cm³/mol. The summed E-state index contributed by atoms with van der Waals surface area (Å²) >= 11 is 6.55. The zero-order valence-corrected chi connectivity index (χ0v) is 17.8. The van der Waals surface area contributed by atoms with E-state index >= 15 is 0 Å². The van der Waals surface area contributed by atoms with E-state index in [9.17, 15) is 4.79 Å². The summed E-state index contributed by atoms with van der Waals surface area (Å²) in [5.41, 5.74) is 5.20. The van der Waals surface area contributed by atoms with Crippen molar-refractivity contribution >= 4 is 28.4 Å². The summed E-state index contributed by atoms with van der Waals surface area (Å²) in [6.07, 6.45) is 1.94. The van der Waals surface area contributed by atoms with Crippen molar-refractivity contribution in [2.45, 2.75) is 39.8 Å². The minimum Gasteiger partial charge on any atom is -0.497 e. The Labute approximate surface area is 176 Å². The average molecular weight is 409 g/mol. The first-order chi connectivity index (χ1) is 14.0. The molecule has 3 aromatic rings. The lowest BCUT2D eigenvalue weighted by Gasteiger charge is -2.24. The molecule has 0 saturated heterocycles. The van der Waals surface area contributed by atoms with E-state index in [1.807, 2.05) is 29.2 Å². The first kappa shape index (κ1) is 19.7. The van der Waals surface area contributed by atoms with E-state index in [1.54, 1.807) is 7.11 Å².